The van der Waals surface area contributed by atoms with E-state index in [1.807, 2.05) is 0 Å². The van der Waals surface area contributed by atoms with E-state index in [4.69, 9.17) is 16.2 Å². The van der Waals surface area contributed by atoms with Crippen LogP contribution in [0.5, 0.6) is 0 Å². The number of carbonyl (C=O) groups excluding carboxylic acids is 1. The standard InChI is InChI=1S/C12H19N3O4S/c1-8-5-10(13)6-9(2)12(8)20(17,18)15-3-4-19-7-11(14)16/h5-6,15H,3-4,7,13H2,1-2H3,(H2,14,16). The number of ether oxygens (including phenoxy) is 1. The highest BCUT2D eigenvalue weighted by Crippen LogP contribution is 2.22. The van der Waals surface area contributed by atoms with E-state index in [0.29, 0.717) is 16.8 Å². The molecule has 0 aromatic heterocycles. The molecule has 0 saturated carbocycles. The molecule has 20 heavy (non-hydrogen) atoms. The van der Waals surface area contributed by atoms with Crippen LogP contribution < -0.4 is 16.2 Å². The minimum absolute atomic E-state index is 0.0544. The molecular weight excluding hydrogens is 282 g/mol. The Morgan fingerprint density at radius 1 is 1.30 bits per heavy atom. The number of aryl methyl sites for hydroxylation is 2. The molecule has 1 aromatic carbocycles. The molecule has 1 aromatic rings. The van der Waals surface area contributed by atoms with Crippen LogP contribution in [0.4, 0.5) is 5.69 Å². The van der Waals surface area contributed by atoms with Gasteiger partial charge < -0.3 is 16.2 Å². The van der Waals surface area contributed by atoms with E-state index < -0.39 is 15.9 Å². The first-order valence-corrected chi connectivity index (χ1v) is 7.45. The molecule has 0 aliphatic heterocycles. The minimum atomic E-state index is -3.64. The smallest absolute Gasteiger partial charge is 0.243 e. The zero-order valence-electron chi connectivity index (χ0n) is 11.5. The fourth-order valence-corrected chi connectivity index (χ4v) is 3.36. The van der Waals surface area contributed by atoms with Crippen LogP contribution in [0.2, 0.25) is 0 Å². The molecule has 0 spiro atoms. The van der Waals surface area contributed by atoms with Crippen LogP contribution in [0.25, 0.3) is 0 Å². The summed E-state index contributed by atoms with van der Waals surface area (Å²) in [6, 6.07) is 3.20. The van der Waals surface area contributed by atoms with E-state index in [1.54, 1.807) is 26.0 Å². The van der Waals surface area contributed by atoms with Gasteiger partial charge in [0.1, 0.15) is 6.61 Å². The Kier molecular flexibility index (Phi) is 5.49. The normalized spacial score (nSPS) is 11.5. The van der Waals surface area contributed by atoms with Gasteiger partial charge in [-0.15, -0.1) is 0 Å². The molecule has 0 unspecified atom stereocenters. The maximum atomic E-state index is 12.2. The summed E-state index contributed by atoms with van der Waals surface area (Å²) in [4.78, 5) is 10.7. The van der Waals surface area contributed by atoms with E-state index in [9.17, 15) is 13.2 Å². The largest absolute Gasteiger partial charge is 0.399 e. The number of rotatable bonds is 7. The van der Waals surface area contributed by atoms with Crippen molar-refractivity contribution in [1.82, 2.24) is 4.72 Å². The van der Waals surface area contributed by atoms with Gasteiger partial charge in [0.15, 0.2) is 0 Å². The molecule has 0 aliphatic carbocycles. The Morgan fingerprint density at radius 2 is 1.85 bits per heavy atom. The Balaban J connectivity index is 2.73. The van der Waals surface area contributed by atoms with Crippen molar-refractivity contribution < 1.29 is 17.9 Å². The average Bonchev–Trinajstić information content (AvgIpc) is 2.25. The van der Waals surface area contributed by atoms with Crippen molar-refractivity contribution in [3.63, 3.8) is 0 Å². The number of sulfonamides is 1. The molecule has 1 amide bonds. The molecule has 0 aliphatic rings. The summed E-state index contributed by atoms with van der Waals surface area (Å²) in [6.45, 7) is 3.25. The van der Waals surface area contributed by atoms with Gasteiger partial charge in [-0.05, 0) is 37.1 Å². The van der Waals surface area contributed by atoms with E-state index in [1.165, 1.54) is 0 Å². The Bertz CT molecular complexity index is 576. The van der Waals surface area contributed by atoms with E-state index >= 15 is 0 Å². The van der Waals surface area contributed by atoms with Crippen molar-refractivity contribution in [2.24, 2.45) is 5.73 Å². The lowest BCUT2D eigenvalue weighted by Gasteiger charge is -2.13. The molecule has 5 N–H and O–H groups in total. The first kappa shape index (κ1) is 16.4. The maximum absolute atomic E-state index is 12.2. The van der Waals surface area contributed by atoms with Gasteiger partial charge in [0.05, 0.1) is 11.5 Å². The van der Waals surface area contributed by atoms with Crippen LogP contribution in [0.1, 0.15) is 11.1 Å². The monoisotopic (exact) mass is 301 g/mol. The first-order valence-electron chi connectivity index (χ1n) is 5.96. The topological polar surface area (TPSA) is 125 Å². The molecule has 7 nitrogen and oxygen atoms in total. The molecule has 0 bridgehead atoms. The molecule has 1 rings (SSSR count). The predicted octanol–water partition coefficient (Wildman–Crippen LogP) is -0.334. The number of hydrogen-bond acceptors (Lipinski definition) is 5. The van der Waals surface area contributed by atoms with Crippen molar-refractivity contribution >= 4 is 21.6 Å². The van der Waals surface area contributed by atoms with Gasteiger partial charge in [0, 0.05) is 12.2 Å². The van der Waals surface area contributed by atoms with Crippen molar-refractivity contribution in [1.29, 1.82) is 0 Å². The van der Waals surface area contributed by atoms with Crippen LogP contribution in [0.3, 0.4) is 0 Å². The Labute approximate surface area is 118 Å². The molecular formula is C12H19N3O4S. The number of nitrogens with two attached hydrogens (primary N) is 2. The fraction of sp³-hybridized carbons (Fsp3) is 0.417. The average molecular weight is 301 g/mol. The van der Waals surface area contributed by atoms with Crippen LogP contribution in [-0.2, 0) is 19.6 Å². The number of primary amides is 1. The second-order valence-electron chi connectivity index (χ2n) is 4.40. The van der Waals surface area contributed by atoms with Crippen LogP contribution in [-0.4, -0.2) is 34.1 Å². The predicted molar refractivity (Wildman–Crippen MR) is 75.5 cm³/mol. The van der Waals surface area contributed by atoms with Gasteiger partial charge in [-0.25, -0.2) is 13.1 Å². The number of anilines is 1. The van der Waals surface area contributed by atoms with Crippen LogP contribution in [0.15, 0.2) is 17.0 Å². The lowest BCUT2D eigenvalue weighted by Crippen LogP contribution is -2.30. The lowest BCUT2D eigenvalue weighted by atomic mass is 10.1. The minimum Gasteiger partial charge on any atom is -0.399 e. The van der Waals surface area contributed by atoms with E-state index in [0.717, 1.165) is 0 Å². The molecule has 0 saturated heterocycles. The maximum Gasteiger partial charge on any atom is 0.243 e. The second kappa shape index (κ2) is 6.69. The fourth-order valence-electron chi connectivity index (χ4n) is 1.90. The highest BCUT2D eigenvalue weighted by molar-refractivity contribution is 7.89. The number of carbonyl (C=O) groups is 1. The van der Waals surface area contributed by atoms with Gasteiger partial charge in [-0.2, -0.15) is 0 Å². The number of nitrogen functional groups attached to an aromatic ring is 1. The van der Waals surface area contributed by atoms with Crippen molar-refractivity contribution in [2.75, 3.05) is 25.5 Å². The zero-order valence-corrected chi connectivity index (χ0v) is 12.3. The van der Waals surface area contributed by atoms with E-state index in [2.05, 4.69) is 4.72 Å². The third kappa shape index (κ3) is 4.48. The van der Waals surface area contributed by atoms with Crippen LogP contribution in [0, 0.1) is 13.8 Å². The number of nitrogens with one attached hydrogen (secondary N) is 1. The van der Waals surface area contributed by atoms with Gasteiger partial charge in [0.2, 0.25) is 15.9 Å². The number of benzene rings is 1. The van der Waals surface area contributed by atoms with Crippen molar-refractivity contribution in [2.45, 2.75) is 18.7 Å². The summed E-state index contributed by atoms with van der Waals surface area (Å²) in [5.41, 5.74) is 12.2. The van der Waals surface area contributed by atoms with Gasteiger partial charge >= 0.3 is 0 Å². The number of hydrogen-bond donors (Lipinski definition) is 3. The molecule has 0 atom stereocenters. The Hall–Kier alpha value is -1.64. The SMILES string of the molecule is Cc1cc(N)cc(C)c1S(=O)(=O)NCCOCC(N)=O. The van der Waals surface area contributed by atoms with E-state index in [-0.39, 0.29) is 24.7 Å². The first-order chi connectivity index (χ1) is 9.24. The highest BCUT2D eigenvalue weighted by Gasteiger charge is 2.19. The van der Waals surface area contributed by atoms with Crippen LogP contribution >= 0.6 is 0 Å². The summed E-state index contributed by atoms with van der Waals surface area (Å²) in [7, 11) is -3.64. The quantitative estimate of drug-likeness (QED) is 0.469. The molecule has 0 radical (unpaired) electrons. The second-order valence-corrected chi connectivity index (χ2v) is 6.10. The van der Waals surface area contributed by atoms with Crippen molar-refractivity contribution in [3.05, 3.63) is 23.3 Å². The molecule has 0 fully saturated rings. The summed E-state index contributed by atoms with van der Waals surface area (Å²) in [5.74, 6) is -0.599. The van der Waals surface area contributed by atoms with Gasteiger partial charge in [-0.3, -0.25) is 4.79 Å². The third-order valence-corrected chi connectivity index (χ3v) is 4.30. The zero-order chi connectivity index (χ0) is 15.3. The molecule has 8 heteroatoms. The Morgan fingerprint density at radius 3 is 2.35 bits per heavy atom. The summed E-state index contributed by atoms with van der Waals surface area (Å²) >= 11 is 0. The summed E-state index contributed by atoms with van der Waals surface area (Å²) in [6.07, 6.45) is 0. The van der Waals surface area contributed by atoms with Gasteiger partial charge in [0.25, 0.3) is 0 Å². The highest BCUT2D eigenvalue weighted by atomic mass is 32.2. The van der Waals surface area contributed by atoms with Crippen molar-refractivity contribution in [3.8, 4) is 0 Å². The molecule has 0 heterocycles. The summed E-state index contributed by atoms with van der Waals surface area (Å²) < 4.78 is 31.7. The number of amides is 1. The lowest BCUT2D eigenvalue weighted by molar-refractivity contribution is -0.122. The summed E-state index contributed by atoms with van der Waals surface area (Å²) in [5, 5.41) is 0. The third-order valence-electron chi connectivity index (χ3n) is 2.53. The van der Waals surface area contributed by atoms with Gasteiger partial charge in [-0.1, -0.05) is 0 Å². The molecule has 112 valence electrons.